The molecule has 0 aromatic carbocycles. The first-order chi connectivity index (χ1) is 8.95. The van der Waals surface area contributed by atoms with Gasteiger partial charge < -0.3 is 15.2 Å². The normalized spacial score (nSPS) is 13.4. The third kappa shape index (κ3) is 4.24. The van der Waals surface area contributed by atoms with Gasteiger partial charge >= 0.3 is 5.97 Å². The van der Waals surface area contributed by atoms with Crippen LogP contribution >= 0.6 is 0 Å². The van der Waals surface area contributed by atoms with Crippen molar-refractivity contribution in [1.82, 2.24) is 10.3 Å². The molecule has 0 bridgehead atoms. The van der Waals surface area contributed by atoms with Crippen molar-refractivity contribution in [1.29, 1.82) is 0 Å². The lowest BCUT2D eigenvalue weighted by atomic mass is 9.95. The molecule has 1 amide bonds. The van der Waals surface area contributed by atoms with Crippen LogP contribution in [0.15, 0.2) is 18.3 Å². The standard InChI is InChI=1S/C13H18N2O4/c1-8(9(2)13(17)18)12(16)15-7-10-4-5-14-11(6-10)19-3/h4-6,8-9H,7H2,1-3H3,(H,15,16)(H,17,18). The molecule has 6 heteroatoms. The monoisotopic (exact) mass is 266 g/mol. The SMILES string of the molecule is COc1cc(CNC(=O)C(C)C(C)C(=O)O)ccn1. The van der Waals surface area contributed by atoms with Crippen LogP contribution < -0.4 is 10.1 Å². The summed E-state index contributed by atoms with van der Waals surface area (Å²) in [5.41, 5.74) is 0.843. The minimum Gasteiger partial charge on any atom is -0.481 e. The van der Waals surface area contributed by atoms with Crippen LogP contribution in [-0.2, 0) is 16.1 Å². The molecular formula is C13H18N2O4. The predicted molar refractivity (Wildman–Crippen MR) is 68.6 cm³/mol. The van der Waals surface area contributed by atoms with E-state index in [9.17, 15) is 9.59 Å². The number of methoxy groups -OCH3 is 1. The van der Waals surface area contributed by atoms with E-state index in [4.69, 9.17) is 9.84 Å². The van der Waals surface area contributed by atoms with Gasteiger partial charge in [0.05, 0.1) is 13.0 Å². The molecule has 0 aliphatic carbocycles. The van der Waals surface area contributed by atoms with E-state index in [1.165, 1.54) is 14.0 Å². The maximum atomic E-state index is 11.8. The Hall–Kier alpha value is -2.11. The molecule has 0 saturated carbocycles. The lowest BCUT2D eigenvalue weighted by Gasteiger charge is -2.15. The Morgan fingerprint density at radius 3 is 2.68 bits per heavy atom. The molecule has 0 spiro atoms. The van der Waals surface area contributed by atoms with Gasteiger partial charge in [-0.25, -0.2) is 4.98 Å². The van der Waals surface area contributed by atoms with Crippen molar-refractivity contribution < 1.29 is 19.4 Å². The maximum Gasteiger partial charge on any atom is 0.307 e. The first kappa shape index (κ1) is 14.9. The van der Waals surface area contributed by atoms with E-state index in [0.717, 1.165) is 5.56 Å². The van der Waals surface area contributed by atoms with Crippen LogP contribution in [0.25, 0.3) is 0 Å². The number of hydrogen-bond donors (Lipinski definition) is 2. The molecule has 1 rings (SSSR count). The molecule has 0 saturated heterocycles. The Morgan fingerprint density at radius 2 is 2.11 bits per heavy atom. The summed E-state index contributed by atoms with van der Waals surface area (Å²) in [6, 6.07) is 3.47. The Kier molecular flexibility index (Phi) is 5.29. The zero-order valence-electron chi connectivity index (χ0n) is 11.2. The van der Waals surface area contributed by atoms with Crippen molar-refractivity contribution in [2.75, 3.05) is 7.11 Å². The fourth-order valence-corrected chi connectivity index (χ4v) is 1.46. The van der Waals surface area contributed by atoms with Gasteiger partial charge in [-0.2, -0.15) is 0 Å². The van der Waals surface area contributed by atoms with Crippen molar-refractivity contribution in [3.05, 3.63) is 23.9 Å². The van der Waals surface area contributed by atoms with Crippen LogP contribution in [0.5, 0.6) is 5.88 Å². The van der Waals surface area contributed by atoms with E-state index in [2.05, 4.69) is 10.3 Å². The second-order valence-corrected chi connectivity index (χ2v) is 4.34. The summed E-state index contributed by atoms with van der Waals surface area (Å²) >= 11 is 0. The third-order valence-corrected chi connectivity index (χ3v) is 3.03. The Labute approximate surface area is 111 Å². The molecule has 2 unspecified atom stereocenters. The van der Waals surface area contributed by atoms with Gasteiger partial charge in [0, 0.05) is 24.7 Å². The van der Waals surface area contributed by atoms with Crippen molar-refractivity contribution >= 4 is 11.9 Å². The molecule has 0 aliphatic rings. The maximum absolute atomic E-state index is 11.8. The second kappa shape index (κ2) is 6.72. The second-order valence-electron chi connectivity index (χ2n) is 4.34. The summed E-state index contributed by atoms with van der Waals surface area (Å²) in [5, 5.41) is 11.6. The molecule has 0 fully saturated rings. The van der Waals surface area contributed by atoms with Crippen molar-refractivity contribution in [3.8, 4) is 5.88 Å². The highest BCUT2D eigenvalue weighted by Gasteiger charge is 2.25. The first-order valence-electron chi connectivity index (χ1n) is 5.95. The van der Waals surface area contributed by atoms with Gasteiger partial charge in [-0.1, -0.05) is 13.8 Å². The summed E-state index contributed by atoms with van der Waals surface area (Å²) in [5.74, 6) is -2.09. The number of carbonyl (C=O) groups excluding carboxylic acids is 1. The van der Waals surface area contributed by atoms with Crippen LogP contribution in [0.2, 0.25) is 0 Å². The molecule has 2 N–H and O–H groups in total. The molecule has 2 atom stereocenters. The van der Waals surface area contributed by atoms with Crippen molar-refractivity contribution in [2.45, 2.75) is 20.4 Å². The number of pyridine rings is 1. The third-order valence-electron chi connectivity index (χ3n) is 3.03. The quantitative estimate of drug-likeness (QED) is 0.803. The number of rotatable bonds is 6. The van der Waals surface area contributed by atoms with Crippen LogP contribution in [0.3, 0.4) is 0 Å². The van der Waals surface area contributed by atoms with E-state index < -0.39 is 17.8 Å². The van der Waals surface area contributed by atoms with E-state index in [1.807, 2.05) is 0 Å². The lowest BCUT2D eigenvalue weighted by Crippen LogP contribution is -2.34. The van der Waals surface area contributed by atoms with E-state index in [1.54, 1.807) is 25.3 Å². The first-order valence-corrected chi connectivity index (χ1v) is 5.95. The fourth-order valence-electron chi connectivity index (χ4n) is 1.46. The highest BCUT2D eigenvalue weighted by atomic mass is 16.5. The number of carbonyl (C=O) groups is 2. The number of aromatic nitrogens is 1. The molecule has 0 aliphatic heterocycles. The summed E-state index contributed by atoms with van der Waals surface area (Å²) in [7, 11) is 1.52. The van der Waals surface area contributed by atoms with Gasteiger partial charge in [0.2, 0.25) is 11.8 Å². The molecule has 6 nitrogen and oxygen atoms in total. The van der Waals surface area contributed by atoms with Gasteiger partial charge in [0.1, 0.15) is 0 Å². The fraction of sp³-hybridized carbons (Fsp3) is 0.462. The molecule has 1 aromatic heterocycles. The number of ether oxygens (including phenoxy) is 1. The Bertz CT molecular complexity index is 462. The van der Waals surface area contributed by atoms with E-state index in [0.29, 0.717) is 12.4 Å². The highest BCUT2D eigenvalue weighted by Crippen LogP contribution is 2.12. The molecular weight excluding hydrogens is 248 g/mol. The number of carboxylic acids is 1. The average molecular weight is 266 g/mol. The number of aliphatic carboxylic acids is 1. The van der Waals surface area contributed by atoms with Crippen LogP contribution in [0.1, 0.15) is 19.4 Å². The van der Waals surface area contributed by atoms with Crippen LogP contribution in [-0.4, -0.2) is 29.1 Å². The van der Waals surface area contributed by atoms with E-state index >= 15 is 0 Å². The van der Waals surface area contributed by atoms with Gasteiger partial charge in [-0.15, -0.1) is 0 Å². The number of hydrogen-bond acceptors (Lipinski definition) is 4. The van der Waals surface area contributed by atoms with Crippen LogP contribution in [0.4, 0.5) is 0 Å². The van der Waals surface area contributed by atoms with E-state index in [-0.39, 0.29) is 5.91 Å². The van der Waals surface area contributed by atoms with Crippen molar-refractivity contribution in [2.24, 2.45) is 11.8 Å². The largest absolute Gasteiger partial charge is 0.481 e. The minimum absolute atomic E-state index is 0.286. The summed E-state index contributed by atoms with van der Waals surface area (Å²) < 4.78 is 4.98. The lowest BCUT2D eigenvalue weighted by molar-refractivity contribution is -0.146. The zero-order chi connectivity index (χ0) is 14.4. The zero-order valence-corrected chi connectivity index (χ0v) is 11.2. The average Bonchev–Trinajstić information content (AvgIpc) is 2.43. The summed E-state index contributed by atoms with van der Waals surface area (Å²) in [4.78, 5) is 26.6. The van der Waals surface area contributed by atoms with Crippen molar-refractivity contribution in [3.63, 3.8) is 0 Å². The molecule has 0 radical (unpaired) electrons. The van der Waals surface area contributed by atoms with Gasteiger partial charge in [0.15, 0.2) is 0 Å². The Balaban J connectivity index is 2.56. The highest BCUT2D eigenvalue weighted by molar-refractivity contribution is 5.84. The number of carboxylic acid groups (broad SMARTS) is 1. The molecule has 104 valence electrons. The smallest absolute Gasteiger partial charge is 0.307 e. The molecule has 1 aromatic rings. The molecule has 19 heavy (non-hydrogen) atoms. The van der Waals surface area contributed by atoms with Gasteiger partial charge in [0.25, 0.3) is 0 Å². The summed E-state index contributed by atoms with van der Waals surface area (Å²) in [6.45, 7) is 3.43. The Morgan fingerprint density at radius 1 is 1.42 bits per heavy atom. The van der Waals surface area contributed by atoms with Gasteiger partial charge in [-0.3, -0.25) is 9.59 Å². The minimum atomic E-state index is -0.978. The number of nitrogens with zero attached hydrogens (tertiary/aromatic N) is 1. The summed E-state index contributed by atoms with van der Waals surface area (Å²) in [6.07, 6.45) is 1.59. The molecule has 1 heterocycles. The topological polar surface area (TPSA) is 88.5 Å². The van der Waals surface area contributed by atoms with Crippen LogP contribution in [0, 0.1) is 11.8 Å². The number of amides is 1. The number of nitrogens with one attached hydrogen (secondary N) is 1. The van der Waals surface area contributed by atoms with Gasteiger partial charge in [-0.05, 0) is 11.6 Å². The predicted octanol–water partition coefficient (Wildman–Crippen LogP) is 1.06.